The van der Waals surface area contributed by atoms with E-state index < -0.39 is 0 Å². The van der Waals surface area contributed by atoms with E-state index in [0.717, 1.165) is 6.42 Å². The summed E-state index contributed by atoms with van der Waals surface area (Å²) in [6.07, 6.45) is 4.72. The van der Waals surface area contributed by atoms with Crippen molar-refractivity contribution in [2.45, 2.75) is 38.6 Å². The zero-order chi connectivity index (χ0) is 14.0. The summed E-state index contributed by atoms with van der Waals surface area (Å²) in [6, 6.07) is 5.51. The number of para-hydroxylation sites is 1. The molecule has 1 aromatic rings. The summed E-state index contributed by atoms with van der Waals surface area (Å²) in [5.74, 6) is 0.555. The second-order valence-corrected chi connectivity index (χ2v) is 5.41. The molecule has 2 unspecified atom stereocenters. The molecule has 2 rings (SSSR count). The maximum absolute atomic E-state index is 11.2. The van der Waals surface area contributed by atoms with Gasteiger partial charge in [-0.05, 0) is 30.9 Å². The molecule has 2 atom stereocenters. The topological polar surface area (TPSA) is 72.4 Å². The second kappa shape index (κ2) is 5.47. The van der Waals surface area contributed by atoms with Gasteiger partial charge in [0.25, 0.3) is 0 Å². The highest BCUT2D eigenvalue weighted by atomic mass is 16.6. The molecule has 5 nitrogen and oxygen atoms in total. The number of nitrogen functional groups attached to an aromatic ring is 1. The highest BCUT2D eigenvalue weighted by molar-refractivity contribution is 5.75. The summed E-state index contributed by atoms with van der Waals surface area (Å²) < 4.78 is 0. The van der Waals surface area contributed by atoms with Crippen molar-refractivity contribution in [1.82, 2.24) is 0 Å². The lowest BCUT2D eigenvalue weighted by molar-refractivity contribution is -0.383. The van der Waals surface area contributed by atoms with E-state index in [9.17, 15) is 10.1 Å². The minimum atomic E-state index is -0.380. The molecule has 0 spiro atoms. The molecular weight excluding hydrogens is 242 g/mol. The summed E-state index contributed by atoms with van der Waals surface area (Å²) in [5.41, 5.74) is 6.65. The number of anilines is 2. The molecule has 1 aromatic carbocycles. The standard InChI is InChI=1S/C14H21N3O2/c1-10-6-3-4-8-12(10)16(2)13-9-5-7-11(15)14(13)17(18)19/h5,7,9-10,12H,3-4,6,8,15H2,1-2H3. The summed E-state index contributed by atoms with van der Waals surface area (Å²) >= 11 is 0. The van der Waals surface area contributed by atoms with Gasteiger partial charge < -0.3 is 10.6 Å². The molecule has 0 heterocycles. The lowest BCUT2D eigenvalue weighted by Gasteiger charge is -2.37. The zero-order valence-electron chi connectivity index (χ0n) is 11.5. The predicted molar refractivity (Wildman–Crippen MR) is 77.3 cm³/mol. The van der Waals surface area contributed by atoms with Crippen LogP contribution in [0.25, 0.3) is 0 Å². The third-order valence-electron chi connectivity index (χ3n) is 4.17. The van der Waals surface area contributed by atoms with Crippen LogP contribution in [-0.2, 0) is 0 Å². The van der Waals surface area contributed by atoms with E-state index in [1.165, 1.54) is 19.3 Å². The van der Waals surface area contributed by atoms with Gasteiger partial charge in [0, 0.05) is 13.1 Å². The summed E-state index contributed by atoms with van der Waals surface area (Å²) in [6.45, 7) is 2.22. The largest absolute Gasteiger partial charge is 0.393 e. The molecule has 1 aliphatic carbocycles. The fourth-order valence-electron chi connectivity index (χ4n) is 3.08. The molecule has 0 bridgehead atoms. The Morgan fingerprint density at radius 2 is 2.05 bits per heavy atom. The second-order valence-electron chi connectivity index (χ2n) is 5.41. The third-order valence-corrected chi connectivity index (χ3v) is 4.17. The van der Waals surface area contributed by atoms with E-state index in [2.05, 4.69) is 6.92 Å². The first-order chi connectivity index (χ1) is 9.02. The Balaban J connectivity index is 2.35. The van der Waals surface area contributed by atoms with E-state index in [0.29, 0.717) is 17.6 Å². The minimum Gasteiger partial charge on any atom is -0.393 e. The van der Waals surface area contributed by atoms with Crippen LogP contribution in [0.5, 0.6) is 0 Å². The lowest BCUT2D eigenvalue weighted by Crippen LogP contribution is -2.39. The van der Waals surface area contributed by atoms with Crippen molar-refractivity contribution in [3.8, 4) is 0 Å². The van der Waals surface area contributed by atoms with Crippen LogP contribution in [0.15, 0.2) is 18.2 Å². The van der Waals surface area contributed by atoms with E-state index in [1.807, 2.05) is 11.9 Å². The maximum atomic E-state index is 11.2. The Labute approximate surface area is 113 Å². The molecular formula is C14H21N3O2. The first-order valence-corrected chi connectivity index (χ1v) is 6.78. The van der Waals surface area contributed by atoms with Gasteiger partial charge in [0.05, 0.1) is 4.92 Å². The van der Waals surface area contributed by atoms with Crippen molar-refractivity contribution >= 4 is 17.1 Å². The molecule has 0 aromatic heterocycles. The van der Waals surface area contributed by atoms with Crippen molar-refractivity contribution in [1.29, 1.82) is 0 Å². The number of nitro groups is 1. The van der Waals surface area contributed by atoms with Crippen LogP contribution in [0.1, 0.15) is 32.6 Å². The molecule has 1 saturated carbocycles. The lowest BCUT2D eigenvalue weighted by atomic mass is 9.85. The number of nitro benzene ring substituents is 1. The summed E-state index contributed by atoms with van der Waals surface area (Å²) in [5, 5.41) is 11.2. The van der Waals surface area contributed by atoms with Crippen molar-refractivity contribution in [3.05, 3.63) is 28.3 Å². The smallest absolute Gasteiger partial charge is 0.315 e. The molecule has 0 saturated heterocycles. The van der Waals surface area contributed by atoms with Gasteiger partial charge in [-0.15, -0.1) is 0 Å². The van der Waals surface area contributed by atoms with Crippen LogP contribution in [-0.4, -0.2) is 18.0 Å². The van der Waals surface area contributed by atoms with E-state index in [4.69, 9.17) is 5.73 Å². The zero-order valence-corrected chi connectivity index (χ0v) is 11.5. The molecule has 0 radical (unpaired) electrons. The quantitative estimate of drug-likeness (QED) is 0.516. The van der Waals surface area contributed by atoms with Crippen LogP contribution in [0.4, 0.5) is 17.1 Å². The van der Waals surface area contributed by atoms with Gasteiger partial charge in [-0.2, -0.15) is 0 Å². The maximum Gasteiger partial charge on any atom is 0.315 e. The SMILES string of the molecule is CC1CCCCC1N(C)c1cccc(N)c1[N+](=O)[O-]. The number of benzene rings is 1. The van der Waals surface area contributed by atoms with Crippen molar-refractivity contribution in [3.63, 3.8) is 0 Å². The third kappa shape index (κ3) is 2.64. The molecule has 1 fully saturated rings. The van der Waals surface area contributed by atoms with Crippen LogP contribution < -0.4 is 10.6 Å². The fraction of sp³-hybridized carbons (Fsp3) is 0.571. The van der Waals surface area contributed by atoms with Gasteiger partial charge in [-0.3, -0.25) is 10.1 Å². The van der Waals surface area contributed by atoms with Gasteiger partial charge in [-0.25, -0.2) is 0 Å². The number of nitrogens with zero attached hydrogens (tertiary/aromatic N) is 2. The van der Waals surface area contributed by atoms with Gasteiger partial charge >= 0.3 is 5.69 Å². The normalized spacial score (nSPS) is 23.1. The Hall–Kier alpha value is -1.78. The Kier molecular flexibility index (Phi) is 3.93. The van der Waals surface area contributed by atoms with Crippen molar-refractivity contribution in [2.75, 3.05) is 17.7 Å². The van der Waals surface area contributed by atoms with E-state index >= 15 is 0 Å². The fourth-order valence-corrected chi connectivity index (χ4v) is 3.08. The molecule has 104 valence electrons. The molecule has 0 aliphatic heterocycles. The Morgan fingerprint density at radius 1 is 1.37 bits per heavy atom. The first kappa shape index (κ1) is 13.6. The van der Waals surface area contributed by atoms with Crippen molar-refractivity contribution in [2.24, 2.45) is 5.92 Å². The molecule has 5 heteroatoms. The van der Waals surface area contributed by atoms with Crippen molar-refractivity contribution < 1.29 is 4.92 Å². The van der Waals surface area contributed by atoms with E-state index in [1.54, 1.807) is 18.2 Å². The first-order valence-electron chi connectivity index (χ1n) is 6.78. The summed E-state index contributed by atoms with van der Waals surface area (Å²) in [4.78, 5) is 12.9. The summed E-state index contributed by atoms with van der Waals surface area (Å²) in [7, 11) is 1.94. The van der Waals surface area contributed by atoms with Gasteiger partial charge in [-0.1, -0.05) is 25.8 Å². The van der Waals surface area contributed by atoms with Gasteiger partial charge in [0.2, 0.25) is 0 Å². The average molecular weight is 263 g/mol. The molecule has 1 aliphatic rings. The molecule has 2 N–H and O–H groups in total. The number of hydrogen-bond donors (Lipinski definition) is 1. The predicted octanol–water partition coefficient (Wildman–Crippen LogP) is 3.19. The van der Waals surface area contributed by atoms with Crippen LogP contribution in [0.2, 0.25) is 0 Å². The Bertz CT molecular complexity index is 476. The van der Waals surface area contributed by atoms with Gasteiger partial charge in [0.1, 0.15) is 11.4 Å². The van der Waals surface area contributed by atoms with Crippen LogP contribution in [0.3, 0.4) is 0 Å². The number of rotatable bonds is 3. The number of hydrogen-bond acceptors (Lipinski definition) is 4. The van der Waals surface area contributed by atoms with Gasteiger partial charge in [0.15, 0.2) is 0 Å². The molecule has 0 amide bonds. The molecule has 19 heavy (non-hydrogen) atoms. The highest BCUT2D eigenvalue weighted by Crippen LogP contribution is 2.37. The minimum absolute atomic E-state index is 0.0303. The number of nitrogens with two attached hydrogens (primary N) is 1. The monoisotopic (exact) mass is 263 g/mol. The van der Waals surface area contributed by atoms with Crippen LogP contribution >= 0.6 is 0 Å². The highest BCUT2D eigenvalue weighted by Gasteiger charge is 2.29. The van der Waals surface area contributed by atoms with E-state index in [-0.39, 0.29) is 16.3 Å². The Morgan fingerprint density at radius 3 is 2.68 bits per heavy atom. The van der Waals surface area contributed by atoms with Crippen LogP contribution in [0, 0.1) is 16.0 Å². The average Bonchev–Trinajstić information content (AvgIpc) is 2.37.